The zero-order valence-electron chi connectivity index (χ0n) is 11.0. The molecule has 2 heteroatoms. The van der Waals surface area contributed by atoms with Crippen LogP contribution in [0.3, 0.4) is 0 Å². The van der Waals surface area contributed by atoms with Crippen molar-refractivity contribution >= 4 is 5.69 Å². The summed E-state index contributed by atoms with van der Waals surface area (Å²) in [5.74, 6) is 0. The fraction of sp³-hybridized carbons (Fsp3) is 0.294. The summed E-state index contributed by atoms with van der Waals surface area (Å²) >= 11 is 0. The fourth-order valence-electron chi connectivity index (χ4n) is 2.72. The Balaban J connectivity index is 1.74. The number of aliphatic hydroxyl groups is 1. The number of unbranched alkanes of at least 4 members (excludes halogenated alkanes) is 1. The Bertz CT molecular complexity index is 577. The summed E-state index contributed by atoms with van der Waals surface area (Å²) in [4.78, 5) is 0. The fourth-order valence-corrected chi connectivity index (χ4v) is 2.72. The molecule has 19 heavy (non-hydrogen) atoms. The van der Waals surface area contributed by atoms with Gasteiger partial charge in [-0.05, 0) is 53.6 Å². The van der Waals surface area contributed by atoms with Gasteiger partial charge in [0.2, 0.25) is 0 Å². The second kappa shape index (κ2) is 5.45. The first-order chi connectivity index (χ1) is 9.38. The van der Waals surface area contributed by atoms with Gasteiger partial charge in [0.1, 0.15) is 0 Å². The van der Waals surface area contributed by atoms with Crippen LogP contribution in [0.15, 0.2) is 42.5 Å². The first kappa shape index (κ1) is 12.2. The third-order valence-electron chi connectivity index (χ3n) is 3.71. The molecule has 1 aliphatic rings. The van der Waals surface area contributed by atoms with E-state index in [2.05, 4.69) is 47.8 Å². The SMILES string of the molecule is OCCCCNc1ccc2c(c1)Cc1ccccc1-2. The number of rotatable bonds is 5. The number of benzene rings is 2. The number of fused-ring (bicyclic) bond motifs is 3. The summed E-state index contributed by atoms with van der Waals surface area (Å²) in [5, 5.41) is 12.2. The van der Waals surface area contributed by atoms with Gasteiger partial charge in [0.05, 0.1) is 0 Å². The largest absolute Gasteiger partial charge is 0.396 e. The van der Waals surface area contributed by atoms with Crippen molar-refractivity contribution in [2.75, 3.05) is 18.5 Å². The van der Waals surface area contributed by atoms with Gasteiger partial charge in [-0.15, -0.1) is 0 Å². The standard InChI is InChI=1S/C17H19NO/c19-10-4-3-9-18-15-7-8-17-14(12-15)11-13-5-1-2-6-16(13)17/h1-2,5-8,12,18-19H,3-4,9-11H2. The topological polar surface area (TPSA) is 32.3 Å². The summed E-state index contributed by atoms with van der Waals surface area (Å²) < 4.78 is 0. The molecule has 0 amide bonds. The first-order valence-corrected chi connectivity index (χ1v) is 6.94. The molecule has 0 aliphatic heterocycles. The van der Waals surface area contributed by atoms with E-state index in [1.54, 1.807) is 0 Å². The maximum absolute atomic E-state index is 8.76. The Morgan fingerprint density at radius 1 is 0.947 bits per heavy atom. The summed E-state index contributed by atoms with van der Waals surface area (Å²) in [5.41, 5.74) is 6.77. The number of hydrogen-bond acceptors (Lipinski definition) is 2. The molecule has 2 aromatic rings. The lowest BCUT2D eigenvalue weighted by Crippen LogP contribution is -2.02. The minimum atomic E-state index is 0.279. The van der Waals surface area contributed by atoms with Crippen LogP contribution in [0.2, 0.25) is 0 Å². The van der Waals surface area contributed by atoms with Crippen molar-refractivity contribution in [1.29, 1.82) is 0 Å². The molecule has 0 aromatic heterocycles. The van der Waals surface area contributed by atoms with E-state index >= 15 is 0 Å². The van der Waals surface area contributed by atoms with E-state index in [9.17, 15) is 0 Å². The zero-order valence-corrected chi connectivity index (χ0v) is 11.0. The van der Waals surface area contributed by atoms with E-state index in [1.165, 1.54) is 27.9 Å². The number of nitrogens with one attached hydrogen (secondary N) is 1. The van der Waals surface area contributed by atoms with E-state index in [-0.39, 0.29) is 6.61 Å². The molecule has 2 nitrogen and oxygen atoms in total. The van der Waals surface area contributed by atoms with Crippen molar-refractivity contribution < 1.29 is 5.11 Å². The van der Waals surface area contributed by atoms with E-state index in [4.69, 9.17) is 5.11 Å². The van der Waals surface area contributed by atoms with Crippen LogP contribution in [0.1, 0.15) is 24.0 Å². The number of hydrogen-bond donors (Lipinski definition) is 2. The van der Waals surface area contributed by atoms with Crippen LogP contribution in [-0.4, -0.2) is 18.3 Å². The van der Waals surface area contributed by atoms with Crippen molar-refractivity contribution in [1.82, 2.24) is 0 Å². The van der Waals surface area contributed by atoms with Gasteiger partial charge >= 0.3 is 0 Å². The van der Waals surface area contributed by atoms with E-state index in [1.807, 2.05) is 0 Å². The van der Waals surface area contributed by atoms with Gasteiger partial charge in [-0.2, -0.15) is 0 Å². The summed E-state index contributed by atoms with van der Waals surface area (Å²) in [6.07, 6.45) is 2.91. The molecule has 0 radical (unpaired) electrons. The third-order valence-corrected chi connectivity index (χ3v) is 3.71. The highest BCUT2D eigenvalue weighted by Gasteiger charge is 2.17. The lowest BCUT2D eigenvalue weighted by Gasteiger charge is -2.08. The van der Waals surface area contributed by atoms with Crippen LogP contribution in [0.5, 0.6) is 0 Å². The predicted octanol–water partition coefficient (Wildman–Crippen LogP) is 3.44. The maximum Gasteiger partial charge on any atom is 0.0431 e. The van der Waals surface area contributed by atoms with Crippen LogP contribution in [0, 0.1) is 0 Å². The molecule has 0 fully saturated rings. The molecule has 1 aliphatic carbocycles. The molecule has 98 valence electrons. The molecular formula is C17H19NO. The normalized spacial score (nSPS) is 12.1. The second-order valence-electron chi connectivity index (χ2n) is 5.06. The summed E-state index contributed by atoms with van der Waals surface area (Å²) in [6.45, 7) is 1.20. The lowest BCUT2D eigenvalue weighted by atomic mass is 10.1. The highest BCUT2D eigenvalue weighted by atomic mass is 16.2. The smallest absolute Gasteiger partial charge is 0.0431 e. The van der Waals surface area contributed by atoms with Gasteiger partial charge in [-0.25, -0.2) is 0 Å². The third kappa shape index (κ3) is 2.49. The minimum Gasteiger partial charge on any atom is -0.396 e. The van der Waals surface area contributed by atoms with E-state index < -0.39 is 0 Å². The molecule has 2 aromatic carbocycles. The Labute approximate surface area is 114 Å². The highest BCUT2D eigenvalue weighted by molar-refractivity contribution is 5.78. The van der Waals surface area contributed by atoms with Crippen LogP contribution < -0.4 is 5.32 Å². The zero-order chi connectivity index (χ0) is 13.1. The molecular weight excluding hydrogens is 234 g/mol. The summed E-state index contributed by atoms with van der Waals surface area (Å²) in [7, 11) is 0. The molecule has 0 atom stereocenters. The lowest BCUT2D eigenvalue weighted by molar-refractivity contribution is 0.286. The summed E-state index contributed by atoms with van der Waals surface area (Å²) in [6, 6.07) is 15.3. The minimum absolute atomic E-state index is 0.279. The van der Waals surface area contributed by atoms with Crippen LogP contribution in [-0.2, 0) is 6.42 Å². The van der Waals surface area contributed by atoms with Gasteiger partial charge < -0.3 is 10.4 Å². The average molecular weight is 253 g/mol. The van der Waals surface area contributed by atoms with Crippen LogP contribution in [0.25, 0.3) is 11.1 Å². The molecule has 0 bridgehead atoms. The molecule has 2 N–H and O–H groups in total. The van der Waals surface area contributed by atoms with Crippen LogP contribution >= 0.6 is 0 Å². The van der Waals surface area contributed by atoms with Crippen molar-refractivity contribution in [3.63, 3.8) is 0 Å². The number of aliphatic hydroxyl groups excluding tert-OH is 1. The predicted molar refractivity (Wildman–Crippen MR) is 79.5 cm³/mol. The van der Waals surface area contributed by atoms with Gasteiger partial charge in [0.25, 0.3) is 0 Å². The average Bonchev–Trinajstić information content (AvgIpc) is 2.81. The molecule has 0 unspecified atom stereocenters. The Hall–Kier alpha value is -1.80. The molecule has 0 heterocycles. The van der Waals surface area contributed by atoms with Crippen molar-refractivity contribution in [3.8, 4) is 11.1 Å². The Morgan fingerprint density at radius 3 is 2.68 bits per heavy atom. The molecule has 0 saturated carbocycles. The highest BCUT2D eigenvalue weighted by Crippen LogP contribution is 2.37. The van der Waals surface area contributed by atoms with Crippen molar-refractivity contribution in [3.05, 3.63) is 53.6 Å². The van der Waals surface area contributed by atoms with Crippen molar-refractivity contribution in [2.45, 2.75) is 19.3 Å². The molecule has 0 spiro atoms. The van der Waals surface area contributed by atoms with E-state index in [0.717, 1.165) is 25.8 Å². The quantitative estimate of drug-likeness (QED) is 0.683. The van der Waals surface area contributed by atoms with Gasteiger partial charge in [0, 0.05) is 18.8 Å². The van der Waals surface area contributed by atoms with Crippen molar-refractivity contribution in [2.24, 2.45) is 0 Å². The van der Waals surface area contributed by atoms with Gasteiger partial charge in [0.15, 0.2) is 0 Å². The first-order valence-electron chi connectivity index (χ1n) is 6.94. The van der Waals surface area contributed by atoms with E-state index in [0.29, 0.717) is 0 Å². The molecule has 3 rings (SSSR count). The van der Waals surface area contributed by atoms with Gasteiger partial charge in [-0.3, -0.25) is 0 Å². The Morgan fingerprint density at radius 2 is 1.79 bits per heavy atom. The van der Waals surface area contributed by atoms with Crippen LogP contribution in [0.4, 0.5) is 5.69 Å². The Kier molecular flexibility index (Phi) is 3.51. The number of anilines is 1. The maximum atomic E-state index is 8.76. The van der Waals surface area contributed by atoms with Gasteiger partial charge in [-0.1, -0.05) is 30.3 Å². The molecule has 0 saturated heterocycles. The monoisotopic (exact) mass is 253 g/mol. The second-order valence-corrected chi connectivity index (χ2v) is 5.06.